The molecule has 0 aliphatic carbocycles. The number of nitrogens with zero attached hydrogens (tertiary/aromatic N) is 1. The van der Waals surface area contributed by atoms with Crippen LogP contribution in [0.15, 0.2) is 47.4 Å². The number of benzene rings is 2. The van der Waals surface area contributed by atoms with E-state index in [1.165, 1.54) is 23.8 Å². The van der Waals surface area contributed by atoms with Crippen LogP contribution in [0.2, 0.25) is 5.02 Å². The van der Waals surface area contributed by atoms with Crippen LogP contribution in [0.1, 0.15) is 5.56 Å². The van der Waals surface area contributed by atoms with Gasteiger partial charge in [-0.25, -0.2) is 0 Å². The first kappa shape index (κ1) is 17.8. The summed E-state index contributed by atoms with van der Waals surface area (Å²) in [5.41, 5.74) is 1.51. The lowest BCUT2D eigenvalue weighted by molar-refractivity contribution is -0.113. The van der Waals surface area contributed by atoms with Gasteiger partial charge in [0.15, 0.2) is 4.32 Å². The van der Waals surface area contributed by atoms with E-state index in [-0.39, 0.29) is 5.91 Å². The first-order chi connectivity index (χ1) is 12.0. The lowest BCUT2D eigenvalue weighted by Crippen LogP contribution is -2.27. The molecule has 25 heavy (non-hydrogen) atoms. The van der Waals surface area contributed by atoms with Gasteiger partial charge in [0.05, 0.1) is 29.8 Å². The van der Waals surface area contributed by atoms with Crippen molar-refractivity contribution >= 4 is 57.6 Å². The van der Waals surface area contributed by atoms with Crippen molar-refractivity contribution in [1.29, 1.82) is 0 Å². The summed E-state index contributed by atoms with van der Waals surface area (Å²) in [5, 5.41) is 0.424. The van der Waals surface area contributed by atoms with Gasteiger partial charge < -0.3 is 9.47 Å². The van der Waals surface area contributed by atoms with Crippen LogP contribution in [0.5, 0.6) is 11.5 Å². The summed E-state index contributed by atoms with van der Waals surface area (Å²) in [4.78, 5) is 14.8. The van der Waals surface area contributed by atoms with Crippen molar-refractivity contribution in [1.82, 2.24) is 0 Å². The predicted octanol–water partition coefficient (Wildman–Crippen LogP) is 4.76. The summed E-state index contributed by atoms with van der Waals surface area (Å²) in [7, 11) is 3.15. The maximum Gasteiger partial charge on any atom is 0.270 e. The second kappa shape index (κ2) is 7.47. The first-order valence-corrected chi connectivity index (χ1v) is 8.89. The Balaban J connectivity index is 1.89. The lowest BCUT2D eigenvalue weighted by atomic mass is 10.2. The average Bonchev–Trinajstić information content (AvgIpc) is 2.89. The quantitative estimate of drug-likeness (QED) is 0.554. The van der Waals surface area contributed by atoms with Gasteiger partial charge in [0.1, 0.15) is 11.5 Å². The molecule has 0 N–H and O–H groups in total. The minimum Gasteiger partial charge on any atom is -0.497 e. The van der Waals surface area contributed by atoms with E-state index in [1.54, 1.807) is 25.3 Å². The van der Waals surface area contributed by atoms with Crippen molar-refractivity contribution < 1.29 is 14.3 Å². The highest BCUT2D eigenvalue weighted by Crippen LogP contribution is 2.38. The largest absolute Gasteiger partial charge is 0.497 e. The Labute approximate surface area is 160 Å². The zero-order valence-corrected chi connectivity index (χ0v) is 15.9. The molecular formula is C18H14ClNO3S2. The molecule has 2 aromatic rings. The van der Waals surface area contributed by atoms with Gasteiger partial charge in [-0.2, -0.15) is 0 Å². The zero-order valence-electron chi connectivity index (χ0n) is 13.5. The maximum atomic E-state index is 12.8. The van der Waals surface area contributed by atoms with E-state index in [4.69, 9.17) is 33.3 Å². The SMILES string of the molecule is COc1ccc(/C=C2/SC(=S)N(c3ccc(OC)c(Cl)c3)C2=O)cc1. The van der Waals surface area contributed by atoms with Crippen LogP contribution in [0.25, 0.3) is 6.08 Å². The molecular weight excluding hydrogens is 378 g/mol. The number of thioether (sulfide) groups is 1. The van der Waals surface area contributed by atoms with Crippen LogP contribution in [0.3, 0.4) is 0 Å². The summed E-state index contributed by atoms with van der Waals surface area (Å²) in [6, 6.07) is 12.6. The van der Waals surface area contributed by atoms with E-state index in [0.29, 0.717) is 25.7 Å². The van der Waals surface area contributed by atoms with Gasteiger partial charge >= 0.3 is 0 Å². The molecule has 1 fully saturated rings. The molecule has 1 aliphatic rings. The van der Waals surface area contributed by atoms with Gasteiger partial charge in [-0.05, 0) is 42.0 Å². The molecule has 0 unspecified atom stereocenters. The van der Waals surface area contributed by atoms with Crippen molar-refractivity contribution in [3.63, 3.8) is 0 Å². The highest BCUT2D eigenvalue weighted by molar-refractivity contribution is 8.27. The highest BCUT2D eigenvalue weighted by Gasteiger charge is 2.33. The Morgan fingerprint density at radius 1 is 1.12 bits per heavy atom. The molecule has 128 valence electrons. The third-order valence-corrected chi connectivity index (χ3v) is 5.20. The van der Waals surface area contributed by atoms with E-state index < -0.39 is 0 Å². The summed E-state index contributed by atoms with van der Waals surface area (Å²) in [6.07, 6.45) is 1.81. The first-order valence-electron chi connectivity index (χ1n) is 7.29. The standard InChI is InChI=1S/C18H14ClNO3S2/c1-22-13-6-3-11(4-7-13)9-16-17(21)20(18(24)25-16)12-5-8-15(23-2)14(19)10-12/h3-10H,1-2H3/b16-9+. The Bertz CT molecular complexity index is 865. The number of methoxy groups -OCH3 is 2. The van der Waals surface area contributed by atoms with E-state index >= 15 is 0 Å². The van der Waals surface area contributed by atoms with E-state index in [9.17, 15) is 4.79 Å². The summed E-state index contributed by atoms with van der Waals surface area (Å²) in [6.45, 7) is 0. The van der Waals surface area contributed by atoms with Gasteiger partial charge in [0.25, 0.3) is 5.91 Å². The Morgan fingerprint density at radius 3 is 2.44 bits per heavy atom. The molecule has 0 atom stereocenters. The third-order valence-electron chi connectivity index (χ3n) is 3.60. The fourth-order valence-corrected chi connectivity index (χ4v) is 3.89. The van der Waals surface area contributed by atoms with Crippen molar-refractivity contribution in [2.75, 3.05) is 19.1 Å². The van der Waals surface area contributed by atoms with Crippen LogP contribution in [-0.4, -0.2) is 24.4 Å². The summed E-state index contributed by atoms with van der Waals surface area (Å²) >= 11 is 12.8. The molecule has 2 aromatic carbocycles. The second-order valence-electron chi connectivity index (χ2n) is 5.11. The number of hydrogen-bond donors (Lipinski definition) is 0. The molecule has 1 amide bonds. The van der Waals surface area contributed by atoms with Gasteiger partial charge in [-0.3, -0.25) is 9.69 Å². The van der Waals surface area contributed by atoms with Crippen LogP contribution in [-0.2, 0) is 4.79 Å². The average molecular weight is 392 g/mol. The maximum absolute atomic E-state index is 12.8. The van der Waals surface area contributed by atoms with Crippen molar-refractivity contribution in [2.24, 2.45) is 0 Å². The number of anilines is 1. The molecule has 0 spiro atoms. The number of carbonyl (C=O) groups excluding carboxylic acids is 1. The Hall–Kier alpha value is -2.02. The van der Waals surface area contributed by atoms with Crippen LogP contribution >= 0.6 is 35.6 Å². The van der Waals surface area contributed by atoms with Crippen LogP contribution in [0, 0.1) is 0 Å². The molecule has 3 rings (SSSR count). The van der Waals surface area contributed by atoms with Crippen LogP contribution in [0.4, 0.5) is 5.69 Å². The van der Waals surface area contributed by atoms with Crippen molar-refractivity contribution in [2.45, 2.75) is 0 Å². The predicted molar refractivity (Wildman–Crippen MR) is 107 cm³/mol. The van der Waals surface area contributed by atoms with Crippen LogP contribution < -0.4 is 14.4 Å². The van der Waals surface area contributed by atoms with E-state index in [2.05, 4.69) is 0 Å². The van der Waals surface area contributed by atoms with Crippen molar-refractivity contribution in [3.05, 3.63) is 58.0 Å². The van der Waals surface area contributed by atoms with E-state index in [1.807, 2.05) is 30.3 Å². The summed E-state index contributed by atoms with van der Waals surface area (Å²) < 4.78 is 10.7. The molecule has 4 nitrogen and oxygen atoms in total. The Kier molecular flexibility index (Phi) is 5.32. The number of amides is 1. The topological polar surface area (TPSA) is 38.8 Å². The summed E-state index contributed by atoms with van der Waals surface area (Å²) in [5.74, 6) is 1.13. The zero-order chi connectivity index (χ0) is 18.0. The number of rotatable bonds is 4. The number of ether oxygens (including phenoxy) is 2. The number of hydrogen-bond acceptors (Lipinski definition) is 5. The van der Waals surface area contributed by atoms with E-state index in [0.717, 1.165) is 11.3 Å². The number of carbonyl (C=O) groups is 1. The molecule has 0 radical (unpaired) electrons. The normalized spacial score (nSPS) is 15.8. The molecule has 1 aliphatic heterocycles. The monoisotopic (exact) mass is 391 g/mol. The number of halogens is 1. The van der Waals surface area contributed by atoms with Gasteiger partial charge in [0.2, 0.25) is 0 Å². The van der Waals surface area contributed by atoms with Crippen molar-refractivity contribution in [3.8, 4) is 11.5 Å². The lowest BCUT2D eigenvalue weighted by Gasteiger charge is -2.15. The Morgan fingerprint density at radius 2 is 1.84 bits per heavy atom. The number of thiocarbonyl (C=S) groups is 1. The molecule has 0 bridgehead atoms. The van der Waals surface area contributed by atoms with Gasteiger partial charge in [-0.15, -0.1) is 0 Å². The van der Waals surface area contributed by atoms with Gasteiger partial charge in [-0.1, -0.05) is 47.7 Å². The molecule has 1 heterocycles. The molecule has 1 saturated heterocycles. The van der Waals surface area contributed by atoms with Gasteiger partial charge in [0, 0.05) is 0 Å². The fraction of sp³-hybridized carbons (Fsp3) is 0.111. The molecule has 0 saturated carbocycles. The smallest absolute Gasteiger partial charge is 0.270 e. The highest BCUT2D eigenvalue weighted by atomic mass is 35.5. The minimum absolute atomic E-state index is 0.174. The molecule has 0 aromatic heterocycles. The second-order valence-corrected chi connectivity index (χ2v) is 7.19. The minimum atomic E-state index is -0.174. The molecule has 7 heteroatoms. The third kappa shape index (κ3) is 3.66. The fourth-order valence-electron chi connectivity index (χ4n) is 2.34.